The summed E-state index contributed by atoms with van der Waals surface area (Å²) in [5.41, 5.74) is 2.25. The van der Waals surface area contributed by atoms with Crippen LogP contribution in [0.5, 0.6) is 5.75 Å². The molecule has 1 aliphatic rings. The summed E-state index contributed by atoms with van der Waals surface area (Å²) >= 11 is 0. The molecule has 3 rings (SSSR count). The Morgan fingerprint density at radius 1 is 1.06 bits per heavy atom. The lowest BCUT2D eigenvalue weighted by molar-refractivity contribution is 0.0383. The Hall–Kier alpha value is -3.10. The second kappa shape index (κ2) is 10.8. The van der Waals surface area contributed by atoms with Gasteiger partial charge < -0.3 is 25.0 Å². The Balaban J connectivity index is 1.71. The zero-order chi connectivity index (χ0) is 22.2. The molecule has 0 atom stereocenters. The molecule has 0 aliphatic carbocycles. The second-order valence-electron chi connectivity index (χ2n) is 7.49. The molecule has 0 unspecified atom stereocenters. The van der Waals surface area contributed by atoms with E-state index in [2.05, 4.69) is 15.5 Å². The first-order chi connectivity index (χ1) is 15.0. The van der Waals surface area contributed by atoms with Gasteiger partial charge in [0.1, 0.15) is 5.75 Å². The summed E-state index contributed by atoms with van der Waals surface area (Å²) in [6.45, 7) is 4.53. The Morgan fingerprint density at radius 3 is 2.52 bits per heavy atom. The number of benzene rings is 2. The van der Waals surface area contributed by atoms with E-state index in [4.69, 9.17) is 9.47 Å². The van der Waals surface area contributed by atoms with Crippen LogP contribution in [0.3, 0.4) is 0 Å². The summed E-state index contributed by atoms with van der Waals surface area (Å²) < 4.78 is 10.6. The molecule has 8 nitrogen and oxygen atoms in total. The summed E-state index contributed by atoms with van der Waals surface area (Å²) in [6, 6.07) is 12.3. The van der Waals surface area contributed by atoms with Gasteiger partial charge in [-0.05, 0) is 30.3 Å². The third-order valence-corrected chi connectivity index (χ3v) is 5.15. The Labute approximate surface area is 183 Å². The molecule has 0 bridgehead atoms. The smallest absolute Gasteiger partial charge is 0.259 e. The van der Waals surface area contributed by atoms with Crippen molar-refractivity contribution in [3.63, 3.8) is 0 Å². The summed E-state index contributed by atoms with van der Waals surface area (Å²) in [6.07, 6.45) is 0. The van der Waals surface area contributed by atoms with Crippen LogP contribution in [0.1, 0.15) is 20.7 Å². The number of morpholine rings is 1. The molecule has 1 saturated heterocycles. The van der Waals surface area contributed by atoms with Crippen molar-refractivity contribution >= 4 is 23.2 Å². The van der Waals surface area contributed by atoms with Gasteiger partial charge in [0.05, 0.1) is 31.5 Å². The van der Waals surface area contributed by atoms with E-state index in [1.807, 2.05) is 25.1 Å². The third kappa shape index (κ3) is 5.96. The maximum atomic E-state index is 12.9. The Kier molecular flexibility index (Phi) is 7.86. The molecular weight excluding hydrogens is 396 g/mol. The number of carbonyl (C=O) groups is 2. The molecule has 2 N–H and O–H groups in total. The van der Waals surface area contributed by atoms with Crippen LogP contribution < -0.4 is 20.3 Å². The SMILES string of the molecule is COc1ccccc1C(=O)Nc1ccc(N(C)C)c(C(=O)NCCN2CCOCC2)c1. The molecule has 0 aromatic heterocycles. The van der Waals surface area contributed by atoms with Gasteiger partial charge in [-0.2, -0.15) is 0 Å². The molecule has 1 aliphatic heterocycles. The summed E-state index contributed by atoms with van der Waals surface area (Å²) in [5.74, 6) is 0.0186. The number of ether oxygens (including phenoxy) is 2. The second-order valence-corrected chi connectivity index (χ2v) is 7.49. The van der Waals surface area contributed by atoms with E-state index >= 15 is 0 Å². The Bertz CT molecular complexity index is 910. The summed E-state index contributed by atoms with van der Waals surface area (Å²) in [5, 5.41) is 5.85. The van der Waals surface area contributed by atoms with Crippen molar-refractivity contribution in [1.82, 2.24) is 10.2 Å². The van der Waals surface area contributed by atoms with E-state index in [1.54, 1.807) is 36.4 Å². The topological polar surface area (TPSA) is 83.1 Å². The quantitative estimate of drug-likeness (QED) is 0.673. The van der Waals surface area contributed by atoms with Gasteiger partial charge in [-0.25, -0.2) is 0 Å². The van der Waals surface area contributed by atoms with Crippen LogP contribution in [0, 0.1) is 0 Å². The molecule has 0 radical (unpaired) electrons. The van der Waals surface area contributed by atoms with Gasteiger partial charge in [0.2, 0.25) is 0 Å². The molecule has 2 amide bonds. The van der Waals surface area contributed by atoms with Crippen LogP contribution in [0.2, 0.25) is 0 Å². The van der Waals surface area contributed by atoms with Crippen LogP contribution in [-0.2, 0) is 4.74 Å². The van der Waals surface area contributed by atoms with Gasteiger partial charge in [0.15, 0.2) is 0 Å². The fraction of sp³-hybridized carbons (Fsp3) is 0.391. The van der Waals surface area contributed by atoms with Crippen LogP contribution in [0.15, 0.2) is 42.5 Å². The lowest BCUT2D eigenvalue weighted by atomic mass is 10.1. The number of para-hydroxylation sites is 1. The minimum absolute atomic E-state index is 0.176. The lowest BCUT2D eigenvalue weighted by Crippen LogP contribution is -2.41. The highest BCUT2D eigenvalue weighted by atomic mass is 16.5. The Morgan fingerprint density at radius 2 is 1.81 bits per heavy atom. The molecule has 2 aromatic rings. The number of anilines is 2. The molecular formula is C23H30N4O4. The number of nitrogens with one attached hydrogen (secondary N) is 2. The van der Waals surface area contributed by atoms with Gasteiger partial charge in [0.25, 0.3) is 11.8 Å². The van der Waals surface area contributed by atoms with Crippen molar-refractivity contribution in [3.8, 4) is 5.75 Å². The molecule has 166 valence electrons. The van der Waals surface area contributed by atoms with Crippen molar-refractivity contribution in [2.24, 2.45) is 0 Å². The number of hydrogen-bond acceptors (Lipinski definition) is 6. The van der Waals surface area contributed by atoms with Crippen molar-refractivity contribution in [3.05, 3.63) is 53.6 Å². The van der Waals surface area contributed by atoms with Gasteiger partial charge in [-0.1, -0.05) is 12.1 Å². The zero-order valence-corrected chi connectivity index (χ0v) is 18.3. The predicted molar refractivity (Wildman–Crippen MR) is 121 cm³/mol. The fourth-order valence-corrected chi connectivity index (χ4v) is 3.46. The van der Waals surface area contributed by atoms with Crippen LogP contribution >= 0.6 is 0 Å². The van der Waals surface area contributed by atoms with E-state index in [1.165, 1.54) is 7.11 Å². The van der Waals surface area contributed by atoms with Crippen LogP contribution in [0.25, 0.3) is 0 Å². The zero-order valence-electron chi connectivity index (χ0n) is 18.3. The number of nitrogens with zero attached hydrogens (tertiary/aromatic N) is 2. The first kappa shape index (κ1) is 22.6. The number of carbonyl (C=O) groups excluding carboxylic acids is 2. The minimum atomic E-state index is -0.297. The summed E-state index contributed by atoms with van der Waals surface area (Å²) in [4.78, 5) is 29.8. The normalized spacial score (nSPS) is 14.0. The number of rotatable bonds is 8. The highest BCUT2D eigenvalue weighted by Gasteiger charge is 2.17. The van der Waals surface area contributed by atoms with Crippen molar-refractivity contribution in [2.75, 3.05) is 70.8 Å². The molecule has 0 spiro atoms. The minimum Gasteiger partial charge on any atom is -0.496 e. The van der Waals surface area contributed by atoms with E-state index < -0.39 is 0 Å². The van der Waals surface area contributed by atoms with Crippen molar-refractivity contribution in [1.29, 1.82) is 0 Å². The molecule has 1 fully saturated rings. The highest BCUT2D eigenvalue weighted by molar-refractivity contribution is 6.07. The standard InChI is InChI=1S/C23H30N4O4/c1-26(2)20-9-8-17(25-23(29)18-6-4-5-7-21(18)30-3)16-19(20)22(28)24-10-11-27-12-14-31-15-13-27/h4-9,16H,10-15H2,1-3H3,(H,24,28)(H,25,29). The number of hydrogen-bond donors (Lipinski definition) is 2. The molecule has 1 heterocycles. The van der Waals surface area contributed by atoms with Crippen LogP contribution in [0.4, 0.5) is 11.4 Å². The predicted octanol–water partition coefficient (Wildman–Crippen LogP) is 2.08. The number of methoxy groups -OCH3 is 1. The molecule has 8 heteroatoms. The first-order valence-electron chi connectivity index (χ1n) is 10.3. The lowest BCUT2D eigenvalue weighted by Gasteiger charge is -2.26. The van der Waals surface area contributed by atoms with Gasteiger partial charge in [0, 0.05) is 51.6 Å². The van der Waals surface area contributed by atoms with E-state index in [9.17, 15) is 9.59 Å². The highest BCUT2D eigenvalue weighted by Crippen LogP contribution is 2.25. The van der Waals surface area contributed by atoms with E-state index in [0.29, 0.717) is 29.1 Å². The first-order valence-corrected chi connectivity index (χ1v) is 10.3. The molecule has 31 heavy (non-hydrogen) atoms. The van der Waals surface area contributed by atoms with Crippen molar-refractivity contribution < 1.29 is 19.1 Å². The maximum Gasteiger partial charge on any atom is 0.259 e. The molecule has 0 saturated carbocycles. The van der Waals surface area contributed by atoms with Crippen LogP contribution in [-0.4, -0.2) is 77.3 Å². The average molecular weight is 427 g/mol. The van der Waals surface area contributed by atoms with Gasteiger partial charge in [-0.15, -0.1) is 0 Å². The van der Waals surface area contributed by atoms with Gasteiger partial charge >= 0.3 is 0 Å². The fourth-order valence-electron chi connectivity index (χ4n) is 3.46. The molecule has 2 aromatic carbocycles. The van der Waals surface area contributed by atoms with Crippen molar-refractivity contribution in [2.45, 2.75) is 0 Å². The monoisotopic (exact) mass is 426 g/mol. The third-order valence-electron chi connectivity index (χ3n) is 5.15. The number of amides is 2. The summed E-state index contributed by atoms with van der Waals surface area (Å²) in [7, 11) is 5.29. The maximum absolute atomic E-state index is 12.9. The van der Waals surface area contributed by atoms with Gasteiger partial charge in [-0.3, -0.25) is 14.5 Å². The average Bonchev–Trinajstić information content (AvgIpc) is 2.79. The largest absolute Gasteiger partial charge is 0.496 e. The van der Waals surface area contributed by atoms with E-state index in [-0.39, 0.29) is 11.8 Å². The van der Waals surface area contributed by atoms with E-state index in [0.717, 1.165) is 38.5 Å².